The van der Waals surface area contributed by atoms with Gasteiger partial charge in [-0.3, -0.25) is 0 Å². The van der Waals surface area contributed by atoms with Gasteiger partial charge < -0.3 is 14.2 Å². The molecule has 0 fully saturated rings. The zero-order valence-electron chi connectivity index (χ0n) is 9.51. The first-order valence-corrected chi connectivity index (χ1v) is 5.07. The highest BCUT2D eigenvalue weighted by atomic mass is 16.5. The van der Waals surface area contributed by atoms with Crippen molar-refractivity contribution < 1.29 is 9.63 Å². The van der Waals surface area contributed by atoms with Crippen LogP contribution in [0.15, 0.2) is 10.9 Å². The molecule has 0 aliphatic heterocycles. The molecule has 0 aliphatic rings. The van der Waals surface area contributed by atoms with Crippen LogP contribution in [0.25, 0.3) is 0 Å². The van der Waals surface area contributed by atoms with E-state index in [1.807, 2.05) is 25.3 Å². The summed E-state index contributed by atoms with van der Waals surface area (Å²) in [5, 5.41) is 20.7. The summed E-state index contributed by atoms with van der Waals surface area (Å²) in [6, 6.07) is 0.00315. The number of aryl methyl sites for hydroxylation is 2. The zero-order chi connectivity index (χ0) is 11.7. The number of aliphatic hydroxyl groups is 1. The fraction of sp³-hybridized carbons (Fsp3) is 0.500. The van der Waals surface area contributed by atoms with E-state index in [4.69, 9.17) is 9.63 Å². The van der Waals surface area contributed by atoms with E-state index < -0.39 is 0 Å². The van der Waals surface area contributed by atoms with Crippen molar-refractivity contribution in [3.8, 4) is 0 Å². The Bertz CT molecular complexity index is 469. The van der Waals surface area contributed by atoms with Gasteiger partial charge in [0.2, 0.25) is 0 Å². The van der Waals surface area contributed by atoms with Gasteiger partial charge in [0.15, 0.2) is 5.82 Å². The summed E-state index contributed by atoms with van der Waals surface area (Å²) in [5.41, 5.74) is 1.86. The maximum absolute atomic E-state index is 9.13. The Morgan fingerprint density at radius 1 is 1.50 bits per heavy atom. The Labute approximate surface area is 92.9 Å². The van der Waals surface area contributed by atoms with Crippen LogP contribution in [0.1, 0.15) is 35.8 Å². The summed E-state index contributed by atoms with van der Waals surface area (Å²) in [5.74, 6) is 1.31. The summed E-state index contributed by atoms with van der Waals surface area (Å²) >= 11 is 0. The van der Waals surface area contributed by atoms with E-state index >= 15 is 0 Å². The molecule has 1 N–H and O–H groups in total. The minimum atomic E-state index is -0.131. The predicted molar refractivity (Wildman–Crippen MR) is 55.7 cm³/mol. The van der Waals surface area contributed by atoms with Crippen LogP contribution < -0.4 is 0 Å². The van der Waals surface area contributed by atoms with Crippen LogP contribution in [0.5, 0.6) is 0 Å². The summed E-state index contributed by atoms with van der Waals surface area (Å²) in [6.07, 6.45) is 1.60. The number of rotatable bonds is 3. The van der Waals surface area contributed by atoms with Crippen LogP contribution in [0.3, 0.4) is 0 Å². The average molecular weight is 222 g/mol. The van der Waals surface area contributed by atoms with Crippen LogP contribution in [0.2, 0.25) is 0 Å². The van der Waals surface area contributed by atoms with Crippen LogP contribution in [-0.2, 0) is 6.61 Å². The van der Waals surface area contributed by atoms with Gasteiger partial charge in [-0.2, -0.15) is 0 Å². The van der Waals surface area contributed by atoms with Crippen molar-refractivity contribution >= 4 is 0 Å². The first kappa shape index (κ1) is 10.8. The van der Waals surface area contributed by atoms with E-state index in [-0.39, 0.29) is 12.6 Å². The Kier molecular flexibility index (Phi) is 2.74. The largest absolute Gasteiger partial charge is 0.388 e. The molecule has 1 unspecified atom stereocenters. The molecule has 0 saturated heterocycles. The molecule has 6 nitrogen and oxygen atoms in total. The molecule has 0 saturated carbocycles. The van der Waals surface area contributed by atoms with Crippen molar-refractivity contribution in [1.29, 1.82) is 0 Å². The minimum Gasteiger partial charge on any atom is -0.388 e. The molecule has 6 heteroatoms. The van der Waals surface area contributed by atoms with E-state index in [2.05, 4.69) is 15.4 Å². The first-order chi connectivity index (χ1) is 7.65. The molecule has 2 aromatic rings. The van der Waals surface area contributed by atoms with E-state index in [1.165, 1.54) is 0 Å². The number of aromatic nitrogens is 4. The second kappa shape index (κ2) is 4.05. The summed E-state index contributed by atoms with van der Waals surface area (Å²) in [4.78, 5) is 0. The normalized spacial score (nSPS) is 13.0. The number of aliphatic hydroxyl groups excluding tert-OH is 1. The summed E-state index contributed by atoms with van der Waals surface area (Å²) in [7, 11) is 0. The standard InChI is InChI=1S/C10H14N4O2/c1-6-10(8(3)16-13-6)7(2)14-5-11-12-9(14)4-15/h5,7,15H,4H2,1-3H3. The molecule has 2 rings (SSSR count). The highest BCUT2D eigenvalue weighted by molar-refractivity contribution is 5.25. The average Bonchev–Trinajstić information content (AvgIpc) is 2.85. The Morgan fingerprint density at radius 3 is 2.81 bits per heavy atom. The molecule has 0 bridgehead atoms. The number of hydrogen-bond acceptors (Lipinski definition) is 5. The Morgan fingerprint density at radius 2 is 2.25 bits per heavy atom. The van der Waals surface area contributed by atoms with E-state index in [0.717, 1.165) is 17.0 Å². The molecule has 0 aliphatic carbocycles. The molecule has 2 heterocycles. The Hall–Kier alpha value is -1.69. The third kappa shape index (κ3) is 1.61. The van der Waals surface area contributed by atoms with Gasteiger partial charge in [0, 0.05) is 5.56 Å². The molecular weight excluding hydrogens is 208 g/mol. The lowest BCUT2D eigenvalue weighted by Crippen LogP contribution is -2.11. The fourth-order valence-corrected chi connectivity index (χ4v) is 1.93. The SMILES string of the molecule is Cc1noc(C)c1C(C)n1cnnc1CO. The van der Waals surface area contributed by atoms with E-state index in [1.54, 1.807) is 6.33 Å². The highest BCUT2D eigenvalue weighted by Gasteiger charge is 2.19. The molecule has 16 heavy (non-hydrogen) atoms. The molecule has 0 amide bonds. The first-order valence-electron chi connectivity index (χ1n) is 5.07. The van der Waals surface area contributed by atoms with Crippen LogP contribution in [0, 0.1) is 13.8 Å². The lowest BCUT2D eigenvalue weighted by molar-refractivity contribution is 0.263. The van der Waals surface area contributed by atoms with Crippen molar-refractivity contribution in [3.63, 3.8) is 0 Å². The van der Waals surface area contributed by atoms with Crippen molar-refractivity contribution in [2.45, 2.75) is 33.4 Å². The molecular formula is C10H14N4O2. The number of nitrogens with zero attached hydrogens (tertiary/aromatic N) is 4. The van der Waals surface area contributed by atoms with E-state index in [0.29, 0.717) is 5.82 Å². The topological polar surface area (TPSA) is 77.0 Å². The van der Waals surface area contributed by atoms with Crippen LogP contribution >= 0.6 is 0 Å². The zero-order valence-corrected chi connectivity index (χ0v) is 9.51. The lowest BCUT2D eigenvalue weighted by atomic mass is 10.1. The van der Waals surface area contributed by atoms with Crippen molar-refractivity contribution in [1.82, 2.24) is 19.9 Å². The third-order valence-corrected chi connectivity index (χ3v) is 2.71. The van der Waals surface area contributed by atoms with Crippen molar-refractivity contribution in [2.24, 2.45) is 0 Å². The minimum absolute atomic E-state index is 0.00315. The smallest absolute Gasteiger partial charge is 0.159 e. The molecule has 0 aromatic carbocycles. The predicted octanol–water partition coefficient (Wildman–Crippen LogP) is 0.985. The third-order valence-electron chi connectivity index (χ3n) is 2.71. The molecule has 2 aromatic heterocycles. The summed E-state index contributed by atoms with van der Waals surface area (Å²) < 4.78 is 6.93. The van der Waals surface area contributed by atoms with Crippen LogP contribution in [0.4, 0.5) is 0 Å². The van der Waals surface area contributed by atoms with Crippen LogP contribution in [-0.4, -0.2) is 25.0 Å². The maximum Gasteiger partial charge on any atom is 0.159 e. The van der Waals surface area contributed by atoms with Gasteiger partial charge in [0.1, 0.15) is 18.7 Å². The molecule has 0 radical (unpaired) electrons. The van der Waals surface area contributed by atoms with E-state index in [9.17, 15) is 0 Å². The molecule has 86 valence electrons. The molecule has 1 atom stereocenters. The van der Waals surface area contributed by atoms with Gasteiger partial charge in [0.05, 0.1) is 11.7 Å². The van der Waals surface area contributed by atoms with Gasteiger partial charge in [-0.25, -0.2) is 0 Å². The maximum atomic E-state index is 9.13. The van der Waals surface area contributed by atoms with Gasteiger partial charge in [-0.1, -0.05) is 5.16 Å². The second-order valence-corrected chi connectivity index (χ2v) is 3.73. The monoisotopic (exact) mass is 222 g/mol. The van der Waals surface area contributed by atoms with Crippen molar-refractivity contribution in [3.05, 3.63) is 29.2 Å². The molecule has 0 spiro atoms. The van der Waals surface area contributed by atoms with Gasteiger partial charge >= 0.3 is 0 Å². The van der Waals surface area contributed by atoms with Gasteiger partial charge in [-0.05, 0) is 20.8 Å². The van der Waals surface area contributed by atoms with Gasteiger partial charge in [-0.15, -0.1) is 10.2 Å². The quantitative estimate of drug-likeness (QED) is 0.837. The van der Waals surface area contributed by atoms with Crippen molar-refractivity contribution in [2.75, 3.05) is 0 Å². The lowest BCUT2D eigenvalue weighted by Gasteiger charge is -2.14. The highest BCUT2D eigenvalue weighted by Crippen LogP contribution is 2.25. The second-order valence-electron chi connectivity index (χ2n) is 3.73. The number of hydrogen-bond donors (Lipinski definition) is 1. The fourth-order valence-electron chi connectivity index (χ4n) is 1.93. The van der Waals surface area contributed by atoms with Gasteiger partial charge in [0.25, 0.3) is 0 Å². The summed E-state index contributed by atoms with van der Waals surface area (Å²) in [6.45, 7) is 5.63. The Balaban J connectivity index is 2.43.